The zero-order valence-corrected chi connectivity index (χ0v) is 22.8. The van der Waals surface area contributed by atoms with Crippen molar-refractivity contribution < 1.29 is 34.2 Å². The molecule has 0 saturated carbocycles. The molecular formula is C23H27N8NaO7S2. The van der Waals surface area contributed by atoms with E-state index in [0.717, 1.165) is 0 Å². The molecule has 15 nitrogen and oxygen atoms in total. The van der Waals surface area contributed by atoms with Crippen LogP contribution in [0.5, 0.6) is 0 Å². The molecule has 214 valence electrons. The molecule has 1 aromatic heterocycles. The molecule has 3 amide bonds. The van der Waals surface area contributed by atoms with Crippen LogP contribution < -0.4 is 16.4 Å². The Morgan fingerprint density at radius 1 is 1.20 bits per heavy atom. The normalized spacial score (nSPS) is 18.5. The second kappa shape index (κ2) is 14.3. The molecule has 2 aromatic rings. The number of nitrogens with one attached hydrogen (secondary N) is 2. The van der Waals surface area contributed by atoms with Gasteiger partial charge < -0.3 is 26.6 Å². The molecule has 4 rings (SSSR count). The van der Waals surface area contributed by atoms with E-state index in [4.69, 9.17) is 10.8 Å². The van der Waals surface area contributed by atoms with E-state index in [-0.39, 0.29) is 60.4 Å². The van der Waals surface area contributed by atoms with Crippen molar-refractivity contribution in [3.05, 3.63) is 41.1 Å². The fourth-order valence-corrected chi connectivity index (χ4v) is 6.37. The summed E-state index contributed by atoms with van der Waals surface area (Å²) in [4.78, 5) is 61.5. The van der Waals surface area contributed by atoms with Crippen molar-refractivity contribution in [3.63, 3.8) is 0 Å². The molecule has 1 fully saturated rings. The number of aryl methyl sites for hydroxylation is 1. The first-order valence-corrected chi connectivity index (χ1v) is 14.0. The number of carboxylic acids is 2. The van der Waals surface area contributed by atoms with E-state index < -0.39 is 41.2 Å². The van der Waals surface area contributed by atoms with Crippen molar-refractivity contribution in [1.29, 1.82) is 0 Å². The van der Waals surface area contributed by atoms with Gasteiger partial charge in [-0.1, -0.05) is 23.9 Å². The van der Waals surface area contributed by atoms with Crippen LogP contribution in [0.15, 0.2) is 40.7 Å². The van der Waals surface area contributed by atoms with Crippen molar-refractivity contribution in [2.24, 2.45) is 12.8 Å². The maximum absolute atomic E-state index is 12.9. The third-order valence-corrected chi connectivity index (χ3v) is 8.56. The standard InChI is InChI=1S/C23H26N8O7S2.Na.H/c1-30-23(27-28-29-30)40-10-12-9-39-20-17(19(34)31(20)18(12)22(37)38)26-16(33)8-11-2-4-13(5-3-11)25-15(32)7-6-14(24)21(35)36;;/h2-5,14,17,20H,6-10,24H2,1H3,(H,25,32)(H,26,33)(H,35,36)(H,37,38);;/t14-,17-,20-;;/m1../s1. The third-order valence-electron chi connectivity index (χ3n) is 6.13. The average Bonchev–Trinajstić information content (AvgIpc) is 3.33. The molecule has 1 saturated heterocycles. The Morgan fingerprint density at radius 2 is 1.90 bits per heavy atom. The van der Waals surface area contributed by atoms with Gasteiger partial charge >= 0.3 is 41.5 Å². The van der Waals surface area contributed by atoms with E-state index >= 15 is 0 Å². The van der Waals surface area contributed by atoms with Crippen LogP contribution in [0.25, 0.3) is 0 Å². The number of amides is 3. The Kier molecular flexibility index (Phi) is 11.3. The quantitative estimate of drug-likeness (QED) is 0.107. The number of hydrogen-bond acceptors (Lipinski definition) is 11. The number of tetrazole rings is 1. The molecule has 2 aliphatic rings. The summed E-state index contributed by atoms with van der Waals surface area (Å²) in [5, 5.41) is 35.1. The van der Waals surface area contributed by atoms with Crippen molar-refractivity contribution in [1.82, 2.24) is 30.4 Å². The number of rotatable bonds is 12. The Labute approximate surface area is 264 Å². The second-order valence-corrected chi connectivity index (χ2v) is 11.0. The first-order valence-electron chi connectivity index (χ1n) is 12.0. The van der Waals surface area contributed by atoms with Crippen molar-refractivity contribution in [3.8, 4) is 0 Å². The van der Waals surface area contributed by atoms with Gasteiger partial charge in [0.1, 0.15) is 23.2 Å². The molecule has 0 spiro atoms. The van der Waals surface area contributed by atoms with Crippen LogP contribution >= 0.6 is 23.5 Å². The predicted octanol–water partition coefficient (Wildman–Crippen LogP) is -1.23. The van der Waals surface area contributed by atoms with Gasteiger partial charge in [-0.2, -0.15) is 0 Å². The summed E-state index contributed by atoms with van der Waals surface area (Å²) in [5.41, 5.74) is 6.99. The molecule has 0 bridgehead atoms. The van der Waals surface area contributed by atoms with Gasteiger partial charge in [0.05, 0.1) is 6.42 Å². The summed E-state index contributed by atoms with van der Waals surface area (Å²) in [6, 6.07) is 4.53. The summed E-state index contributed by atoms with van der Waals surface area (Å²) in [6.45, 7) is 0. The van der Waals surface area contributed by atoms with E-state index in [1.54, 1.807) is 31.3 Å². The number of β-lactam (4-membered cyclic amide) rings is 1. The number of hydrogen-bond donors (Lipinski definition) is 5. The van der Waals surface area contributed by atoms with Crippen LogP contribution in [0.2, 0.25) is 0 Å². The SMILES string of the molecule is Cn1nnnc1SCC1=C(C(=O)O)N2C(=O)[C@@H](NC(=O)Cc3ccc(NC(=O)CC[C@@H](N)C(=O)O)cc3)[C@H]2SC1.[NaH]. The Balaban J connectivity index is 0.00000462. The number of nitrogens with two attached hydrogens (primary N) is 1. The molecule has 2 aliphatic heterocycles. The van der Waals surface area contributed by atoms with Gasteiger partial charge in [-0.3, -0.25) is 24.1 Å². The summed E-state index contributed by atoms with van der Waals surface area (Å²) in [5.74, 6) is -3.02. The van der Waals surface area contributed by atoms with Crippen LogP contribution in [0.4, 0.5) is 5.69 Å². The Bertz CT molecular complexity index is 1370. The monoisotopic (exact) mass is 614 g/mol. The van der Waals surface area contributed by atoms with Crippen LogP contribution in [0.1, 0.15) is 18.4 Å². The molecule has 41 heavy (non-hydrogen) atoms. The molecule has 3 atom stereocenters. The number of fused-ring (bicyclic) bond motifs is 1. The van der Waals surface area contributed by atoms with Crippen LogP contribution in [-0.2, 0) is 37.4 Å². The van der Waals surface area contributed by atoms with E-state index in [9.17, 15) is 29.1 Å². The van der Waals surface area contributed by atoms with E-state index in [1.807, 2.05) is 0 Å². The molecule has 6 N–H and O–H groups in total. The maximum atomic E-state index is 12.9. The topological polar surface area (TPSA) is 223 Å². The van der Waals surface area contributed by atoms with Crippen molar-refractivity contribution >= 4 is 88.4 Å². The van der Waals surface area contributed by atoms with Crippen LogP contribution in [0, 0.1) is 0 Å². The number of anilines is 1. The molecule has 3 heterocycles. The average molecular weight is 615 g/mol. The molecular weight excluding hydrogens is 587 g/mol. The van der Waals surface area contributed by atoms with E-state index in [2.05, 4.69) is 26.2 Å². The van der Waals surface area contributed by atoms with Crippen molar-refractivity contribution in [2.45, 2.75) is 41.9 Å². The van der Waals surface area contributed by atoms with Gasteiger partial charge in [-0.25, -0.2) is 9.48 Å². The second-order valence-electron chi connectivity index (χ2n) is 8.99. The first-order chi connectivity index (χ1) is 19.0. The van der Waals surface area contributed by atoms with E-state index in [0.29, 0.717) is 33.5 Å². The zero-order chi connectivity index (χ0) is 29.0. The molecule has 0 aliphatic carbocycles. The number of aromatic nitrogens is 4. The summed E-state index contributed by atoms with van der Waals surface area (Å²) >= 11 is 2.64. The Hall–Kier alpha value is -2.96. The molecule has 0 radical (unpaired) electrons. The van der Waals surface area contributed by atoms with E-state index in [1.165, 1.54) is 33.1 Å². The minimum absolute atomic E-state index is 0. The van der Waals surface area contributed by atoms with Gasteiger partial charge in [-0.05, 0) is 40.1 Å². The van der Waals surface area contributed by atoms with Gasteiger partial charge in [0.2, 0.25) is 17.0 Å². The number of nitrogens with zero attached hydrogens (tertiary/aromatic N) is 5. The van der Waals surface area contributed by atoms with Gasteiger partial charge in [0.15, 0.2) is 0 Å². The third kappa shape index (κ3) is 7.87. The minimum atomic E-state index is -1.22. The molecule has 0 unspecified atom stereocenters. The van der Waals surface area contributed by atoms with Gasteiger partial charge in [0.25, 0.3) is 5.91 Å². The number of thioether (sulfide) groups is 2. The van der Waals surface area contributed by atoms with Crippen LogP contribution in [-0.4, -0.2) is 124 Å². The zero-order valence-electron chi connectivity index (χ0n) is 21.1. The summed E-state index contributed by atoms with van der Waals surface area (Å²) < 4.78 is 1.47. The number of benzene rings is 1. The number of carbonyl (C=O) groups is 5. The van der Waals surface area contributed by atoms with Gasteiger partial charge in [-0.15, -0.1) is 16.9 Å². The number of carbonyl (C=O) groups excluding carboxylic acids is 3. The van der Waals surface area contributed by atoms with Gasteiger partial charge in [0, 0.05) is 30.7 Å². The number of carboxylic acid groups (broad SMARTS) is 2. The fourth-order valence-electron chi connectivity index (χ4n) is 4.04. The molecule has 18 heteroatoms. The molecule has 1 aromatic carbocycles. The predicted molar refractivity (Wildman–Crippen MR) is 150 cm³/mol. The number of aliphatic carboxylic acids is 2. The van der Waals surface area contributed by atoms with Crippen molar-refractivity contribution in [2.75, 3.05) is 16.8 Å². The first kappa shape index (κ1) is 32.6. The summed E-state index contributed by atoms with van der Waals surface area (Å²) in [7, 11) is 1.67. The van der Waals surface area contributed by atoms with Crippen LogP contribution in [0.3, 0.4) is 0 Å². The Morgan fingerprint density at radius 3 is 2.51 bits per heavy atom. The fraction of sp³-hybridized carbons (Fsp3) is 0.391. The summed E-state index contributed by atoms with van der Waals surface area (Å²) in [6.07, 6.45) is -0.0833.